The van der Waals surface area contributed by atoms with Crippen molar-refractivity contribution < 1.29 is 9.53 Å². The Morgan fingerprint density at radius 1 is 1.67 bits per heavy atom. The van der Waals surface area contributed by atoms with Crippen molar-refractivity contribution >= 4 is 5.97 Å². The zero-order chi connectivity index (χ0) is 11.1. The van der Waals surface area contributed by atoms with Gasteiger partial charge < -0.3 is 4.74 Å². The second-order valence-electron chi connectivity index (χ2n) is 4.32. The van der Waals surface area contributed by atoms with Crippen LogP contribution in [0, 0.1) is 0 Å². The summed E-state index contributed by atoms with van der Waals surface area (Å²) in [6.07, 6.45) is 2.32. The first-order chi connectivity index (χ1) is 7.07. The van der Waals surface area contributed by atoms with E-state index in [1.165, 1.54) is 0 Å². The lowest BCUT2D eigenvalue weighted by Crippen LogP contribution is -2.10. The number of ether oxygens (including phenoxy) is 1. The smallest absolute Gasteiger partial charge is 0.356 e. The lowest BCUT2D eigenvalue weighted by molar-refractivity contribution is 0.0513. The predicted octanol–water partition coefficient (Wildman–Crippen LogP) is 1.65. The Morgan fingerprint density at radius 2 is 2.33 bits per heavy atom. The van der Waals surface area contributed by atoms with Gasteiger partial charge in [-0.05, 0) is 25.8 Å². The molecule has 0 aromatic carbocycles. The summed E-state index contributed by atoms with van der Waals surface area (Å²) in [5.41, 5.74) is 1.75. The van der Waals surface area contributed by atoms with Crippen molar-refractivity contribution in [1.82, 2.24) is 9.78 Å². The van der Waals surface area contributed by atoms with E-state index in [2.05, 4.69) is 12.0 Å². The third-order valence-electron chi connectivity index (χ3n) is 2.98. The molecule has 0 spiro atoms. The first kappa shape index (κ1) is 10.2. The molecule has 0 aliphatic heterocycles. The first-order valence-corrected chi connectivity index (χ1v) is 5.28. The summed E-state index contributed by atoms with van der Waals surface area (Å²) in [6, 6.07) is 1.85. The first-order valence-electron chi connectivity index (χ1n) is 5.28. The fraction of sp³-hybridized carbons (Fsp3) is 0.636. The minimum Gasteiger partial charge on any atom is -0.461 e. The molecule has 0 N–H and O–H groups in total. The molecule has 1 fully saturated rings. The van der Waals surface area contributed by atoms with Crippen molar-refractivity contribution in [2.24, 2.45) is 7.05 Å². The summed E-state index contributed by atoms with van der Waals surface area (Å²) >= 11 is 0. The highest BCUT2D eigenvalue weighted by atomic mass is 16.5. The summed E-state index contributed by atoms with van der Waals surface area (Å²) in [5.74, 6) is -0.289. The monoisotopic (exact) mass is 208 g/mol. The maximum absolute atomic E-state index is 11.5. The van der Waals surface area contributed by atoms with Crippen LogP contribution in [0.2, 0.25) is 0 Å². The van der Waals surface area contributed by atoms with Crippen molar-refractivity contribution in [3.8, 4) is 0 Å². The molecule has 15 heavy (non-hydrogen) atoms. The van der Waals surface area contributed by atoms with E-state index in [9.17, 15) is 4.79 Å². The van der Waals surface area contributed by atoms with Crippen molar-refractivity contribution in [3.05, 3.63) is 17.5 Å². The molecule has 1 aliphatic carbocycles. The van der Waals surface area contributed by atoms with E-state index in [1.54, 1.807) is 18.7 Å². The molecule has 1 aliphatic rings. The van der Waals surface area contributed by atoms with E-state index < -0.39 is 0 Å². The Hall–Kier alpha value is -1.32. The molecule has 0 saturated heterocycles. The van der Waals surface area contributed by atoms with Gasteiger partial charge >= 0.3 is 5.97 Å². The van der Waals surface area contributed by atoms with E-state index in [-0.39, 0.29) is 11.4 Å². The van der Waals surface area contributed by atoms with Crippen molar-refractivity contribution in [2.45, 2.75) is 32.1 Å². The molecular formula is C11H16N2O2. The van der Waals surface area contributed by atoms with Gasteiger partial charge in [-0.15, -0.1) is 0 Å². The average Bonchev–Trinajstić information content (AvgIpc) is 2.78. The van der Waals surface area contributed by atoms with Crippen LogP contribution in [0.25, 0.3) is 0 Å². The number of carbonyl (C=O) groups excluding carboxylic acids is 1. The highest BCUT2D eigenvalue weighted by molar-refractivity contribution is 5.87. The van der Waals surface area contributed by atoms with E-state index in [0.717, 1.165) is 18.5 Å². The quantitative estimate of drug-likeness (QED) is 0.709. The molecule has 1 aromatic rings. The van der Waals surface area contributed by atoms with Crippen LogP contribution in [0.5, 0.6) is 0 Å². The number of nitrogens with zero attached hydrogens (tertiary/aromatic N) is 2. The molecule has 2 rings (SSSR count). The number of rotatable bonds is 3. The van der Waals surface area contributed by atoms with Crippen molar-refractivity contribution in [2.75, 3.05) is 6.61 Å². The number of esters is 1. The predicted molar refractivity (Wildman–Crippen MR) is 55.8 cm³/mol. The molecule has 1 saturated carbocycles. The van der Waals surface area contributed by atoms with Gasteiger partial charge in [-0.1, -0.05) is 6.92 Å². The van der Waals surface area contributed by atoms with Gasteiger partial charge in [0.2, 0.25) is 0 Å². The fourth-order valence-electron chi connectivity index (χ4n) is 1.60. The molecule has 0 amide bonds. The number of aryl methyl sites for hydroxylation is 1. The Bertz CT molecular complexity index is 391. The Kier molecular flexibility index (Phi) is 2.29. The Morgan fingerprint density at radius 3 is 2.87 bits per heavy atom. The standard InChI is InChI=1S/C11H16N2O2/c1-4-15-10(14)8-7-9(12-13(8)3)11(2)5-6-11/h7H,4-6H2,1-3H3. The number of aromatic nitrogens is 2. The lowest BCUT2D eigenvalue weighted by Gasteiger charge is -2.00. The molecule has 4 heteroatoms. The summed E-state index contributed by atoms with van der Waals surface area (Å²) in [7, 11) is 1.78. The highest BCUT2D eigenvalue weighted by Crippen LogP contribution is 2.46. The van der Waals surface area contributed by atoms with Crippen molar-refractivity contribution in [3.63, 3.8) is 0 Å². The largest absolute Gasteiger partial charge is 0.461 e. The minimum atomic E-state index is -0.289. The van der Waals surface area contributed by atoms with Crippen LogP contribution in [-0.2, 0) is 17.2 Å². The SMILES string of the molecule is CCOC(=O)c1cc(C2(C)CC2)nn1C. The molecule has 4 nitrogen and oxygen atoms in total. The molecule has 82 valence electrons. The molecule has 0 atom stereocenters. The van der Waals surface area contributed by atoms with Crippen LogP contribution in [0.15, 0.2) is 6.07 Å². The maximum atomic E-state index is 11.5. The van der Waals surface area contributed by atoms with Gasteiger partial charge in [-0.3, -0.25) is 4.68 Å². The Balaban J connectivity index is 2.25. The third kappa shape index (κ3) is 1.76. The topological polar surface area (TPSA) is 44.1 Å². The normalized spacial score (nSPS) is 17.5. The fourth-order valence-corrected chi connectivity index (χ4v) is 1.60. The van der Waals surface area contributed by atoms with Crippen LogP contribution in [0.3, 0.4) is 0 Å². The summed E-state index contributed by atoms with van der Waals surface area (Å²) in [6.45, 7) is 4.37. The van der Waals surface area contributed by atoms with Gasteiger partial charge in [0, 0.05) is 12.5 Å². The summed E-state index contributed by atoms with van der Waals surface area (Å²) < 4.78 is 6.56. The molecule has 0 radical (unpaired) electrons. The maximum Gasteiger partial charge on any atom is 0.356 e. The number of hydrogen-bond donors (Lipinski definition) is 0. The van der Waals surface area contributed by atoms with Gasteiger partial charge in [-0.2, -0.15) is 5.10 Å². The molecule has 1 aromatic heterocycles. The van der Waals surface area contributed by atoms with E-state index >= 15 is 0 Å². The Labute approximate surface area is 89.2 Å². The van der Waals surface area contributed by atoms with Gasteiger partial charge in [0.25, 0.3) is 0 Å². The van der Waals surface area contributed by atoms with Gasteiger partial charge in [0.1, 0.15) is 5.69 Å². The van der Waals surface area contributed by atoms with Crippen LogP contribution >= 0.6 is 0 Å². The molecule has 0 bridgehead atoms. The van der Waals surface area contributed by atoms with E-state index in [1.807, 2.05) is 6.07 Å². The van der Waals surface area contributed by atoms with Crippen LogP contribution in [-0.4, -0.2) is 22.4 Å². The van der Waals surface area contributed by atoms with E-state index in [4.69, 9.17) is 4.74 Å². The average molecular weight is 208 g/mol. The zero-order valence-corrected chi connectivity index (χ0v) is 9.41. The van der Waals surface area contributed by atoms with E-state index in [0.29, 0.717) is 12.3 Å². The molecule has 1 heterocycles. The lowest BCUT2D eigenvalue weighted by atomic mass is 10.1. The molecular weight excluding hydrogens is 192 g/mol. The summed E-state index contributed by atoms with van der Waals surface area (Å²) in [4.78, 5) is 11.5. The minimum absolute atomic E-state index is 0.197. The van der Waals surface area contributed by atoms with Gasteiger partial charge in [0.05, 0.1) is 12.3 Å². The van der Waals surface area contributed by atoms with Gasteiger partial charge in [-0.25, -0.2) is 4.79 Å². The zero-order valence-electron chi connectivity index (χ0n) is 9.41. The second kappa shape index (κ2) is 3.36. The van der Waals surface area contributed by atoms with Gasteiger partial charge in [0.15, 0.2) is 0 Å². The third-order valence-corrected chi connectivity index (χ3v) is 2.98. The van der Waals surface area contributed by atoms with Crippen LogP contribution < -0.4 is 0 Å². The molecule has 0 unspecified atom stereocenters. The second-order valence-corrected chi connectivity index (χ2v) is 4.32. The number of carbonyl (C=O) groups is 1. The van der Waals surface area contributed by atoms with Crippen LogP contribution in [0.1, 0.15) is 42.9 Å². The van der Waals surface area contributed by atoms with Crippen molar-refractivity contribution in [1.29, 1.82) is 0 Å². The summed E-state index contributed by atoms with van der Waals surface area (Å²) in [5, 5.41) is 4.36. The number of hydrogen-bond acceptors (Lipinski definition) is 3. The highest BCUT2D eigenvalue weighted by Gasteiger charge is 2.42. The van der Waals surface area contributed by atoms with Crippen LogP contribution in [0.4, 0.5) is 0 Å².